The lowest BCUT2D eigenvalue weighted by atomic mass is 10.0. The number of hydrogen-bond acceptors (Lipinski definition) is 3. The van der Waals surface area contributed by atoms with Crippen molar-refractivity contribution in [2.24, 2.45) is 0 Å². The number of carbonyl (C=O) groups is 1. The summed E-state index contributed by atoms with van der Waals surface area (Å²) in [6, 6.07) is 10.8. The SMILES string of the molecule is Cc1ccc(S(=O)(=O)N2CCNC(=O)C2c2ccc(F)cc2)cc1. The zero-order chi connectivity index (χ0) is 17.3. The first-order chi connectivity index (χ1) is 11.4. The molecule has 1 fully saturated rings. The summed E-state index contributed by atoms with van der Waals surface area (Å²) < 4.78 is 40.3. The molecule has 24 heavy (non-hydrogen) atoms. The van der Waals surface area contributed by atoms with Crippen molar-refractivity contribution in [2.75, 3.05) is 13.1 Å². The second-order valence-electron chi connectivity index (χ2n) is 5.67. The van der Waals surface area contributed by atoms with Crippen LogP contribution < -0.4 is 5.32 Å². The summed E-state index contributed by atoms with van der Waals surface area (Å²) in [6.07, 6.45) is 0. The minimum atomic E-state index is -3.84. The number of sulfonamides is 1. The smallest absolute Gasteiger partial charge is 0.244 e. The summed E-state index contributed by atoms with van der Waals surface area (Å²) in [7, 11) is -3.84. The lowest BCUT2D eigenvalue weighted by Crippen LogP contribution is -2.52. The first kappa shape index (κ1) is 16.6. The van der Waals surface area contributed by atoms with Gasteiger partial charge in [-0.15, -0.1) is 0 Å². The Balaban J connectivity index is 2.04. The topological polar surface area (TPSA) is 66.5 Å². The Morgan fingerprint density at radius 1 is 1.08 bits per heavy atom. The van der Waals surface area contributed by atoms with Gasteiger partial charge in [-0.25, -0.2) is 12.8 Å². The highest BCUT2D eigenvalue weighted by molar-refractivity contribution is 7.89. The Morgan fingerprint density at radius 2 is 1.71 bits per heavy atom. The standard InChI is InChI=1S/C17H17FN2O3S/c1-12-2-8-15(9-3-12)24(22,23)20-11-10-19-17(21)16(20)13-4-6-14(18)7-5-13/h2-9,16H,10-11H2,1H3,(H,19,21). The largest absolute Gasteiger partial charge is 0.353 e. The maximum absolute atomic E-state index is 13.2. The molecule has 1 heterocycles. The highest BCUT2D eigenvalue weighted by Gasteiger charge is 2.39. The number of piperazine rings is 1. The number of aryl methyl sites for hydroxylation is 1. The van der Waals surface area contributed by atoms with Gasteiger partial charge < -0.3 is 5.32 Å². The molecule has 126 valence electrons. The summed E-state index contributed by atoms with van der Waals surface area (Å²) in [5.41, 5.74) is 1.38. The van der Waals surface area contributed by atoms with Gasteiger partial charge in [0.1, 0.15) is 11.9 Å². The zero-order valence-corrected chi connectivity index (χ0v) is 13.9. The van der Waals surface area contributed by atoms with Gasteiger partial charge in [0.05, 0.1) is 4.90 Å². The normalized spacial score (nSPS) is 19.1. The van der Waals surface area contributed by atoms with Crippen molar-refractivity contribution in [2.45, 2.75) is 17.9 Å². The Labute approximate surface area is 140 Å². The Bertz CT molecular complexity index is 848. The van der Waals surface area contributed by atoms with Crippen LogP contribution in [0.4, 0.5) is 4.39 Å². The van der Waals surface area contributed by atoms with E-state index in [4.69, 9.17) is 0 Å². The molecule has 0 aliphatic carbocycles. The van der Waals surface area contributed by atoms with E-state index in [1.807, 2.05) is 6.92 Å². The highest BCUT2D eigenvalue weighted by atomic mass is 32.2. The monoisotopic (exact) mass is 348 g/mol. The van der Waals surface area contributed by atoms with Gasteiger partial charge in [0.25, 0.3) is 0 Å². The minimum absolute atomic E-state index is 0.134. The van der Waals surface area contributed by atoms with Crippen LogP contribution in [0.25, 0.3) is 0 Å². The maximum Gasteiger partial charge on any atom is 0.244 e. The fraction of sp³-hybridized carbons (Fsp3) is 0.235. The Morgan fingerprint density at radius 3 is 2.33 bits per heavy atom. The number of rotatable bonds is 3. The molecule has 1 amide bonds. The minimum Gasteiger partial charge on any atom is -0.353 e. The van der Waals surface area contributed by atoms with Crippen LogP contribution in [0.1, 0.15) is 17.2 Å². The molecular formula is C17H17FN2O3S. The Hall–Kier alpha value is -2.25. The van der Waals surface area contributed by atoms with Gasteiger partial charge in [0.15, 0.2) is 0 Å². The maximum atomic E-state index is 13.2. The summed E-state index contributed by atoms with van der Waals surface area (Å²) in [5, 5.41) is 2.67. The van der Waals surface area contributed by atoms with Gasteiger partial charge in [0.2, 0.25) is 15.9 Å². The fourth-order valence-corrected chi connectivity index (χ4v) is 4.29. The van der Waals surface area contributed by atoms with Crippen LogP contribution in [0.5, 0.6) is 0 Å². The predicted octanol–water partition coefficient (Wildman–Crippen LogP) is 2.00. The third-order valence-corrected chi connectivity index (χ3v) is 5.86. The number of halogens is 1. The van der Waals surface area contributed by atoms with Gasteiger partial charge in [-0.05, 0) is 36.8 Å². The van der Waals surface area contributed by atoms with Crippen molar-refractivity contribution in [1.82, 2.24) is 9.62 Å². The number of carbonyl (C=O) groups excluding carboxylic acids is 1. The van der Waals surface area contributed by atoms with E-state index in [1.54, 1.807) is 12.1 Å². The van der Waals surface area contributed by atoms with Crippen LogP contribution in [0.2, 0.25) is 0 Å². The average molecular weight is 348 g/mol. The second kappa shape index (κ2) is 6.33. The molecule has 1 aliphatic heterocycles. The molecule has 1 aliphatic rings. The van der Waals surface area contributed by atoms with Gasteiger partial charge in [-0.3, -0.25) is 4.79 Å². The molecule has 0 aromatic heterocycles. The van der Waals surface area contributed by atoms with Crippen molar-refractivity contribution in [3.63, 3.8) is 0 Å². The van der Waals surface area contributed by atoms with Crippen molar-refractivity contribution < 1.29 is 17.6 Å². The first-order valence-corrected chi connectivity index (χ1v) is 8.95. The number of nitrogens with one attached hydrogen (secondary N) is 1. The molecule has 1 saturated heterocycles. The van der Waals surface area contributed by atoms with E-state index in [9.17, 15) is 17.6 Å². The Kier molecular flexibility index (Phi) is 4.38. The van der Waals surface area contributed by atoms with Crippen molar-refractivity contribution >= 4 is 15.9 Å². The molecule has 1 unspecified atom stereocenters. The summed E-state index contributed by atoms with van der Waals surface area (Å²) in [5.74, 6) is -0.855. The summed E-state index contributed by atoms with van der Waals surface area (Å²) in [6.45, 7) is 2.26. The van der Waals surface area contributed by atoms with Gasteiger partial charge in [-0.1, -0.05) is 29.8 Å². The van der Waals surface area contributed by atoms with Crippen LogP contribution in [-0.2, 0) is 14.8 Å². The molecular weight excluding hydrogens is 331 g/mol. The van der Waals surface area contributed by atoms with Crippen LogP contribution in [0.3, 0.4) is 0 Å². The second-order valence-corrected chi connectivity index (χ2v) is 7.56. The van der Waals surface area contributed by atoms with E-state index in [0.717, 1.165) is 5.56 Å². The van der Waals surface area contributed by atoms with Crippen LogP contribution >= 0.6 is 0 Å². The van der Waals surface area contributed by atoms with Gasteiger partial charge in [-0.2, -0.15) is 4.31 Å². The summed E-state index contributed by atoms with van der Waals surface area (Å²) >= 11 is 0. The van der Waals surface area contributed by atoms with Gasteiger partial charge in [0, 0.05) is 13.1 Å². The van der Waals surface area contributed by atoms with Crippen LogP contribution in [-0.4, -0.2) is 31.7 Å². The number of amides is 1. The van der Waals surface area contributed by atoms with Gasteiger partial charge >= 0.3 is 0 Å². The number of benzene rings is 2. The number of nitrogens with zero attached hydrogens (tertiary/aromatic N) is 1. The first-order valence-electron chi connectivity index (χ1n) is 7.51. The van der Waals surface area contributed by atoms with Crippen LogP contribution in [0, 0.1) is 12.7 Å². The number of hydrogen-bond donors (Lipinski definition) is 1. The quantitative estimate of drug-likeness (QED) is 0.923. The van der Waals surface area contributed by atoms with E-state index >= 15 is 0 Å². The molecule has 5 nitrogen and oxygen atoms in total. The van der Waals surface area contributed by atoms with Crippen molar-refractivity contribution in [3.8, 4) is 0 Å². The molecule has 2 aromatic rings. The predicted molar refractivity (Wildman–Crippen MR) is 87.2 cm³/mol. The molecule has 1 atom stereocenters. The van der Waals surface area contributed by atoms with E-state index in [2.05, 4.69) is 5.32 Å². The highest BCUT2D eigenvalue weighted by Crippen LogP contribution is 2.29. The van der Waals surface area contributed by atoms with E-state index in [-0.39, 0.29) is 18.0 Å². The third-order valence-electron chi connectivity index (χ3n) is 3.98. The molecule has 0 saturated carbocycles. The molecule has 2 aromatic carbocycles. The van der Waals surface area contributed by atoms with Crippen LogP contribution in [0.15, 0.2) is 53.4 Å². The molecule has 0 radical (unpaired) electrons. The third kappa shape index (κ3) is 3.05. The van der Waals surface area contributed by atoms with E-state index in [1.165, 1.54) is 40.7 Å². The lowest BCUT2D eigenvalue weighted by Gasteiger charge is -2.34. The lowest BCUT2D eigenvalue weighted by molar-refractivity contribution is -0.126. The average Bonchev–Trinajstić information content (AvgIpc) is 2.56. The molecule has 0 spiro atoms. The summed E-state index contributed by atoms with van der Waals surface area (Å²) in [4.78, 5) is 12.4. The molecule has 7 heteroatoms. The van der Waals surface area contributed by atoms with Crippen molar-refractivity contribution in [3.05, 3.63) is 65.5 Å². The molecule has 3 rings (SSSR count). The zero-order valence-electron chi connectivity index (χ0n) is 13.1. The molecule has 1 N–H and O–H groups in total. The fourth-order valence-electron chi connectivity index (χ4n) is 2.71. The van der Waals surface area contributed by atoms with E-state index in [0.29, 0.717) is 5.56 Å². The van der Waals surface area contributed by atoms with E-state index < -0.39 is 27.8 Å². The van der Waals surface area contributed by atoms with Crippen molar-refractivity contribution in [1.29, 1.82) is 0 Å². The molecule has 0 bridgehead atoms.